The Bertz CT molecular complexity index is 2070. The molecule has 4 aromatic carbocycles. The third-order valence-electron chi connectivity index (χ3n) is 5.29. The van der Waals surface area contributed by atoms with Crippen LogP contribution in [0.3, 0.4) is 0 Å². The van der Waals surface area contributed by atoms with Gasteiger partial charge in [0.2, 0.25) is 0 Å². The van der Waals surface area contributed by atoms with E-state index in [1.807, 2.05) is 0 Å². The molecular formula is C22H14N5Na3O10S3. The van der Waals surface area contributed by atoms with Crippen LogP contribution >= 0.6 is 0 Å². The van der Waals surface area contributed by atoms with Crippen LogP contribution in [0.1, 0.15) is 0 Å². The molecule has 0 amide bonds. The van der Waals surface area contributed by atoms with Crippen molar-refractivity contribution in [1.29, 1.82) is 0 Å². The quantitative estimate of drug-likeness (QED) is 0.0808. The topological polar surface area (TPSA) is 267 Å². The van der Waals surface area contributed by atoms with E-state index in [1.165, 1.54) is 24.3 Å². The maximum Gasteiger partial charge on any atom is 1.00 e. The Balaban J connectivity index is 0.00000308. The van der Waals surface area contributed by atoms with Crippen LogP contribution in [0.15, 0.2) is 102 Å². The number of azo groups is 2. The predicted molar refractivity (Wildman–Crippen MR) is 135 cm³/mol. The molecule has 0 unspecified atom stereocenters. The minimum Gasteiger partial charge on any atom is -0.870 e. The predicted octanol–water partition coefficient (Wildman–Crippen LogP) is -5.61. The molecule has 0 atom stereocenters. The van der Waals surface area contributed by atoms with E-state index in [-0.39, 0.29) is 99.7 Å². The number of nitrogen functional groups attached to an aromatic ring is 1. The van der Waals surface area contributed by atoms with Crippen LogP contribution in [0.4, 0.5) is 28.4 Å². The normalized spacial score (nSPS) is 12.1. The molecule has 0 saturated carbocycles. The summed E-state index contributed by atoms with van der Waals surface area (Å²) in [7, 11) is -14.9. The van der Waals surface area contributed by atoms with Crippen molar-refractivity contribution in [2.45, 2.75) is 14.7 Å². The number of hydrogen-bond acceptors (Lipinski definition) is 14. The van der Waals surface area contributed by atoms with Crippen LogP contribution in [0, 0.1) is 0 Å². The van der Waals surface area contributed by atoms with E-state index in [2.05, 4.69) is 20.5 Å². The van der Waals surface area contributed by atoms with Gasteiger partial charge in [0.05, 0.1) is 21.2 Å². The summed E-state index contributed by atoms with van der Waals surface area (Å²) in [5.41, 5.74) is 3.87. The molecular weight excluding hydrogens is 659 g/mol. The van der Waals surface area contributed by atoms with Crippen LogP contribution in [-0.4, -0.2) is 38.9 Å². The van der Waals surface area contributed by atoms with E-state index in [1.54, 1.807) is 0 Å². The second-order valence-electron chi connectivity index (χ2n) is 7.86. The number of hydrogen-bond donors (Lipinski definition) is 2. The van der Waals surface area contributed by atoms with E-state index in [9.17, 15) is 44.0 Å². The molecule has 3 N–H and O–H groups in total. The molecule has 4 aromatic rings. The van der Waals surface area contributed by atoms with Gasteiger partial charge in [0.1, 0.15) is 42.2 Å². The summed E-state index contributed by atoms with van der Waals surface area (Å²) in [5, 5.41) is 27.1. The Morgan fingerprint density at radius 3 is 1.47 bits per heavy atom. The second-order valence-corrected chi connectivity index (χ2v) is 11.9. The van der Waals surface area contributed by atoms with Gasteiger partial charge in [0.15, 0.2) is 0 Å². The van der Waals surface area contributed by atoms with Gasteiger partial charge >= 0.3 is 88.7 Å². The van der Waals surface area contributed by atoms with E-state index >= 15 is 0 Å². The first-order valence-electron chi connectivity index (χ1n) is 10.6. The standard InChI is InChI=1S/C22H17N5O10S3.3Na/c23-21-16(27-25-14-6-2-4-8-18(14)39(32,33)34)11-19(40(35,36)37)12-9-10-15(22(28)20(12)21)26-24-13-5-1-3-7-17(13)38(29,30)31;;;/h1-11,28H,23H2,(H,29,30,31)(H,32,33,34)(H,35,36,37);;;/q;3*+1/p-3. The number of benzene rings is 4. The number of nitrogens with zero attached hydrogens (tertiary/aromatic N) is 4. The average molecular weight is 674 g/mol. The van der Waals surface area contributed by atoms with Crippen LogP contribution in [0.25, 0.3) is 10.8 Å². The Morgan fingerprint density at radius 1 is 0.605 bits per heavy atom. The van der Waals surface area contributed by atoms with Gasteiger partial charge in [0, 0.05) is 10.8 Å². The van der Waals surface area contributed by atoms with E-state index < -0.39 is 78.9 Å². The van der Waals surface area contributed by atoms with Gasteiger partial charge in [-0.05, 0) is 36.4 Å². The molecule has 0 heterocycles. The van der Waals surface area contributed by atoms with Crippen LogP contribution < -0.4 is 99.5 Å². The molecule has 15 nitrogen and oxygen atoms in total. The van der Waals surface area contributed by atoms with Crippen LogP contribution in [-0.2, 0) is 30.4 Å². The zero-order valence-corrected chi connectivity index (χ0v) is 31.0. The Morgan fingerprint density at radius 2 is 1.02 bits per heavy atom. The minimum atomic E-state index is -4.99. The Hall–Kier alpha value is -1.33. The molecule has 0 aromatic heterocycles. The number of rotatable bonds is 7. The molecule has 21 heteroatoms. The van der Waals surface area contributed by atoms with Crippen molar-refractivity contribution >= 4 is 69.6 Å². The van der Waals surface area contributed by atoms with Crippen molar-refractivity contribution in [2.24, 2.45) is 20.5 Å². The second kappa shape index (κ2) is 15.3. The largest absolute Gasteiger partial charge is 1.00 e. The van der Waals surface area contributed by atoms with Gasteiger partial charge < -0.3 is 19.9 Å². The fourth-order valence-corrected chi connectivity index (χ4v) is 5.47. The van der Waals surface area contributed by atoms with Crippen molar-refractivity contribution in [3.05, 3.63) is 66.7 Å². The first-order chi connectivity index (χ1) is 18.6. The molecule has 0 aliphatic rings. The molecule has 208 valence electrons. The van der Waals surface area contributed by atoms with Crippen molar-refractivity contribution in [2.75, 3.05) is 5.73 Å². The molecule has 0 spiro atoms. The summed E-state index contributed by atoms with van der Waals surface area (Å²) in [4.78, 5) is -2.25. The van der Waals surface area contributed by atoms with Gasteiger partial charge in [-0.25, -0.2) is 16.8 Å². The monoisotopic (exact) mass is 673 g/mol. The fraction of sp³-hybridized carbons (Fsp3) is 0. The maximum atomic E-state index is 13.3. The summed E-state index contributed by atoms with van der Waals surface area (Å²) in [6.45, 7) is 0. The van der Waals surface area contributed by atoms with Gasteiger partial charge in [-0.2, -0.15) is 13.5 Å². The average Bonchev–Trinajstić information content (AvgIpc) is 2.86. The van der Waals surface area contributed by atoms with Crippen molar-refractivity contribution in [3.63, 3.8) is 0 Å². The molecule has 0 fully saturated rings. The fourth-order valence-electron chi connectivity index (χ4n) is 3.54. The summed E-state index contributed by atoms with van der Waals surface area (Å²) >= 11 is 0. The summed E-state index contributed by atoms with van der Waals surface area (Å²) in [6.07, 6.45) is 0. The zero-order valence-electron chi connectivity index (χ0n) is 22.6. The third-order valence-corrected chi connectivity index (χ3v) is 7.95. The molecule has 0 saturated heterocycles. The number of anilines is 1. The van der Waals surface area contributed by atoms with Gasteiger partial charge in [-0.1, -0.05) is 36.1 Å². The first kappa shape index (κ1) is 39.7. The maximum absolute atomic E-state index is 13.3. The van der Waals surface area contributed by atoms with E-state index in [0.717, 1.165) is 42.5 Å². The van der Waals surface area contributed by atoms with Gasteiger partial charge in [-0.3, -0.25) is 4.55 Å². The molecule has 0 bridgehead atoms. The minimum absolute atomic E-state index is 0. The van der Waals surface area contributed by atoms with Crippen molar-refractivity contribution in [1.82, 2.24) is 0 Å². The molecule has 0 aliphatic carbocycles. The van der Waals surface area contributed by atoms with E-state index in [0.29, 0.717) is 0 Å². The first-order valence-corrected chi connectivity index (χ1v) is 14.8. The summed E-state index contributed by atoms with van der Waals surface area (Å²) in [5.74, 6) is -1.02. The SMILES string of the molecule is Nc1c(N=Nc2ccccc2S(=O)(=O)[O-])cc(S(=O)(=O)O)c2ccc(N=Nc3ccccc3S(=O)(=O)[O-])c([O-])c12.[Na+].[Na+].[Na+]. The number of fused-ring (bicyclic) bond motifs is 1. The summed E-state index contributed by atoms with van der Waals surface area (Å²) < 4.78 is 103. The van der Waals surface area contributed by atoms with Crippen LogP contribution in [0.2, 0.25) is 0 Å². The zero-order chi connectivity index (χ0) is 29.5. The number of nitrogens with two attached hydrogens (primary N) is 1. The van der Waals surface area contributed by atoms with Gasteiger partial charge in [0.25, 0.3) is 10.1 Å². The van der Waals surface area contributed by atoms with E-state index in [4.69, 9.17) is 5.73 Å². The molecule has 43 heavy (non-hydrogen) atoms. The Kier molecular flexibility index (Phi) is 14.1. The van der Waals surface area contributed by atoms with Crippen LogP contribution in [0.5, 0.6) is 5.75 Å². The molecule has 4 rings (SSSR count). The van der Waals surface area contributed by atoms with Crippen molar-refractivity contribution < 1.29 is 133 Å². The molecule has 0 aliphatic heterocycles. The van der Waals surface area contributed by atoms with Crippen molar-refractivity contribution in [3.8, 4) is 5.75 Å². The summed E-state index contributed by atoms with van der Waals surface area (Å²) in [6, 6.07) is 12.4. The Labute approximate surface area is 311 Å². The van der Waals surface area contributed by atoms with Gasteiger partial charge in [-0.15, -0.1) is 15.3 Å². The third kappa shape index (κ3) is 9.12. The smallest absolute Gasteiger partial charge is 0.870 e. The molecule has 0 radical (unpaired) electrons.